The zero-order chi connectivity index (χ0) is 37.9. The lowest BCUT2D eigenvalue weighted by Crippen LogP contribution is -2.60. The predicted molar refractivity (Wildman–Crippen MR) is 205 cm³/mol. The van der Waals surface area contributed by atoms with Crippen LogP contribution in [0.1, 0.15) is 61.4 Å². The number of nitrogens with zero attached hydrogens (tertiary/aromatic N) is 6. The standard InChI is InChI=1S/C41H48FN7O5/c1-6-29-21-46(31-22-53-23-31)9-10-47(29)30-7-8-38(43-19-30)44-34-13-27(20-45(5)39(34)51)32-15-28(42)16-35(33(32)24-54-25(2)50)49-12-11-48-36(40(49)52)14-26-17-41(3,4)18-37(26)48/h7-8,13-16,19-20,29,31H,6,9-12,17-18,21-24H2,1-5H3,(H,43,44). The fourth-order valence-corrected chi connectivity index (χ4v) is 8.64. The lowest BCUT2D eigenvalue weighted by molar-refractivity contribution is -0.142. The van der Waals surface area contributed by atoms with Gasteiger partial charge in [-0.05, 0) is 72.2 Å². The summed E-state index contributed by atoms with van der Waals surface area (Å²) in [6.07, 6.45) is 6.25. The molecule has 2 fully saturated rings. The number of nitrogens with one attached hydrogen (secondary N) is 1. The van der Waals surface area contributed by atoms with Crippen LogP contribution in [0.25, 0.3) is 11.1 Å². The average molecular weight is 738 g/mol. The fourth-order valence-electron chi connectivity index (χ4n) is 8.64. The number of hydrogen-bond acceptors (Lipinski definition) is 9. The number of amides is 1. The number of carbonyl (C=O) groups excluding carboxylic acids is 2. The van der Waals surface area contributed by atoms with Crippen molar-refractivity contribution in [1.82, 2.24) is 19.0 Å². The number of aromatic nitrogens is 3. The topological polar surface area (TPSA) is 114 Å². The van der Waals surface area contributed by atoms with E-state index >= 15 is 4.39 Å². The van der Waals surface area contributed by atoms with Crippen LogP contribution in [0.2, 0.25) is 0 Å². The molecule has 3 aliphatic heterocycles. The number of ether oxygens (including phenoxy) is 2. The van der Waals surface area contributed by atoms with Gasteiger partial charge in [0.1, 0.15) is 29.6 Å². The highest BCUT2D eigenvalue weighted by Gasteiger charge is 2.38. The van der Waals surface area contributed by atoms with Gasteiger partial charge in [0.15, 0.2) is 0 Å². The molecule has 8 rings (SSSR count). The number of piperazine rings is 1. The third kappa shape index (κ3) is 6.68. The van der Waals surface area contributed by atoms with Crippen molar-refractivity contribution in [3.63, 3.8) is 0 Å². The van der Waals surface area contributed by atoms with Crippen LogP contribution in [-0.4, -0.2) is 82.4 Å². The van der Waals surface area contributed by atoms with Crippen LogP contribution < -0.4 is 20.7 Å². The molecule has 0 bridgehead atoms. The highest BCUT2D eigenvalue weighted by Crippen LogP contribution is 2.41. The fraction of sp³-hybridized carbons (Fsp3) is 0.463. The van der Waals surface area contributed by atoms with Crippen molar-refractivity contribution in [2.24, 2.45) is 12.5 Å². The maximum absolute atomic E-state index is 15.7. The Morgan fingerprint density at radius 3 is 2.59 bits per heavy atom. The van der Waals surface area contributed by atoms with E-state index in [9.17, 15) is 14.4 Å². The molecule has 6 heterocycles. The van der Waals surface area contributed by atoms with Gasteiger partial charge in [-0.25, -0.2) is 9.37 Å². The smallest absolute Gasteiger partial charge is 0.302 e. The van der Waals surface area contributed by atoms with Crippen molar-refractivity contribution in [3.8, 4) is 11.1 Å². The molecule has 13 heteroatoms. The molecular formula is C41H48FN7O5. The molecule has 2 saturated heterocycles. The summed E-state index contributed by atoms with van der Waals surface area (Å²) in [6.45, 7) is 13.1. The predicted octanol–water partition coefficient (Wildman–Crippen LogP) is 5.28. The van der Waals surface area contributed by atoms with Crippen LogP contribution in [0.5, 0.6) is 0 Å². The first kappa shape index (κ1) is 36.0. The molecule has 284 valence electrons. The molecule has 3 aromatic heterocycles. The first-order valence-corrected chi connectivity index (χ1v) is 18.9. The Morgan fingerprint density at radius 1 is 1.07 bits per heavy atom. The first-order chi connectivity index (χ1) is 25.9. The molecule has 1 N–H and O–H groups in total. The number of aryl methyl sites for hydroxylation is 1. The number of pyridine rings is 2. The lowest BCUT2D eigenvalue weighted by atomic mass is 9.90. The summed E-state index contributed by atoms with van der Waals surface area (Å²) in [7, 11) is 1.63. The second-order valence-electron chi connectivity index (χ2n) is 15.9. The van der Waals surface area contributed by atoms with E-state index in [1.54, 1.807) is 24.2 Å². The number of hydrogen-bond donors (Lipinski definition) is 1. The summed E-state index contributed by atoms with van der Waals surface area (Å²) in [5, 5.41) is 3.19. The summed E-state index contributed by atoms with van der Waals surface area (Å²) < 4.78 is 30.1. The Bertz CT molecular complexity index is 2170. The SMILES string of the molecule is CCC1CN(C2COC2)CCN1c1ccc(Nc2cc(-c3cc(F)cc(N4CCn5c(cc6c5CC(C)(C)C6)C4=O)c3COC(C)=O)cn(C)c2=O)nc1. The number of benzene rings is 1. The van der Waals surface area contributed by atoms with E-state index in [1.807, 2.05) is 24.4 Å². The second-order valence-corrected chi connectivity index (χ2v) is 15.9. The molecule has 0 saturated carbocycles. The van der Waals surface area contributed by atoms with Gasteiger partial charge in [-0.2, -0.15) is 0 Å². The van der Waals surface area contributed by atoms with Gasteiger partial charge in [0.2, 0.25) is 0 Å². The van der Waals surface area contributed by atoms with Crippen molar-refractivity contribution in [3.05, 3.63) is 87.5 Å². The average Bonchev–Trinajstić information content (AvgIpc) is 3.61. The van der Waals surface area contributed by atoms with E-state index in [1.165, 1.54) is 34.9 Å². The van der Waals surface area contributed by atoms with Gasteiger partial charge in [0.25, 0.3) is 11.5 Å². The molecule has 1 amide bonds. The minimum absolute atomic E-state index is 0.143. The Labute approximate surface area is 314 Å². The third-order valence-corrected chi connectivity index (χ3v) is 11.5. The summed E-state index contributed by atoms with van der Waals surface area (Å²) in [5.74, 6) is -0.806. The molecule has 1 atom stereocenters. The number of rotatable bonds is 9. The zero-order valence-corrected chi connectivity index (χ0v) is 31.7. The lowest BCUT2D eigenvalue weighted by Gasteiger charge is -2.47. The van der Waals surface area contributed by atoms with Gasteiger partial charge < -0.3 is 33.7 Å². The summed E-state index contributed by atoms with van der Waals surface area (Å²) in [4.78, 5) is 50.9. The molecule has 54 heavy (non-hydrogen) atoms. The largest absolute Gasteiger partial charge is 0.461 e. The highest BCUT2D eigenvalue weighted by atomic mass is 19.1. The number of fused-ring (bicyclic) bond motifs is 3. The molecule has 1 aromatic carbocycles. The molecule has 12 nitrogen and oxygen atoms in total. The Hall–Kier alpha value is -5.01. The van der Waals surface area contributed by atoms with Crippen LogP contribution in [0.3, 0.4) is 0 Å². The van der Waals surface area contributed by atoms with Gasteiger partial charge in [-0.15, -0.1) is 0 Å². The monoisotopic (exact) mass is 737 g/mol. The Balaban J connectivity index is 1.09. The van der Waals surface area contributed by atoms with E-state index in [0.29, 0.717) is 59.1 Å². The molecule has 1 unspecified atom stereocenters. The third-order valence-electron chi connectivity index (χ3n) is 11.5. The van der Waals surface area contributed by atoms with E-state index in [2.05, 4.69) is 45.4 Å². The maximum atomic E-state index is 15.7. The first-order valence-electron chi connectivity index (χ1n) is 18.9. The van der Waals surface area contributed by atoms with Crippen LogP contribution in [0.15, 0.2) is 53.6 Å². The van der Waals surface area contributed by atoms with E-state index in [4.69, 9.17) is 9.47 Å². The number of esters is 1. The number of carbonyl (C=O) groups is 2. The second kappa shape index (κ2) is 14.0. The normalized spacial score (nSPS) is 19.7. The van der Waals surface area contributed by atoms with E-state index in [-0.39, 0.29) is 29.2 Å². The van der Waals surface area contributed by atoms with Gasteiger partial charge in [0.05, 0.1) is 36.8 Å². The summed E-state index contributed by atoms with van der Waals surface area (Å²) in [6, 6.07) is 11.1. The molecule has 1 aliphatic carbocycles. The molecule has 4 aliphatic rings. The summed E-state index contributed by atoms with van der Waals surface area (Å²) >= 11 is 0. The van der Waals surface area contributed by atoms with Crippen molar-refractivity contribution < 1.29 is 23.5 Å². The van der Waals surface area contributed by atoms with Crippen molar-refractivity contribution in [1.29, 1.82) is 0 Å². The van der Waals surface area contributed by atoms with Gasteiger partial charge in [-0.1, -0.05) is 20.8 Å². The van der Waals surface area contributed by atoms with Crippen LogP contribution >= 0.6 is 0 Å². The van der Waals surface area contributed by atoms with E-state index in [0.717, 1.165) is 57.8 Å². The minimum atomic E-state index is -0.558. The Kier molecular flexibility index (Phi) is 9.33. The Morgan fingerprint density at radius 2 is 1.89 bits per heavy atom. The van der Waals surface area contributed by atoms with Gasteiger partial charge in [-0.3, -0.25) is 19.3 Å². The number of anilines is 4. The van der Waals surface area contributed by atoms with Crippen molar-refractivity contribution in [2.45, 2.75) is 72.2 Å². The molecule has 0 spiro atoms. The molecular weight excluding hydrogens is 689 g/mol. The van der Waals surface area contributed by atoms with Crippen molar-refractivity contribution in [2.75, 3.05) is 54.5 Å². The van der Waals surface area contributed by atoms with Crippen LogP contribution in [-0.2, 0) is 47.3 Å². The maximum Gasteiger partial charge on any atom is 0.302 e. The minimum Gasteiger partial charge on any atom is -0.461 e. The molecule has 4 aromatic rings. The number of halogens is 1. The molecule has 0 radical (unpaired) electrons. The quantitative estimate of drug-likeness (QED) is 0.230. The van der Waals surface area contributed by atoms with Gasteiger partial charge in [0, 0.05) is 75.8 Å². The van der Waals surface area contributed by atoms with E-state index < -0.39 is 11.8 Å². The highest BCUT2D eigenvalue weighted by molar-refractivity contribution is 6.07. The van der Waals surface area contributed by atoms with Crippen LogP contribution in [0, 0.1) is 11.2 Å². The van der Waals surface area contributed by atoms with Crippen LogP contribution in [0.4, 0.5) is 27.3 Å². The summed E-state index contributed by atoms with van der Waals surface area (Å²) in [5.41, 5.74) is 5.78. The zero-order valence-electron chi connectivity index (χ0n) is 31.7. The van der Waals surface area contributed by atoms with Gasteiger partial charge >= 0.3 is 5.97 Å². The van der Waals surface area contributed by atoms with Crippen molar-refractivity contribution >= 4 is 34.8 Å².